The second kappa shape index (κ2) is 14.4. The van der Waals surface area contributed by atoms with E-state index in [0.29, 0.717) is 17.5 Å². The quantitative estimate of drug-likeness (QED) is 0.172. The third kappa shape index (κ3) is 5.44. The summed E-state index contributed by atoms with van der Waals surface area (Å²) in [6, 6.07) is 79.8. The molecule has 10 aromatic carbocycles. The number of para-hydroxylation sites is 1. The molecule has 0 unspecified atom stereocenters. The Hall–Kier alpha value is -9.19. The topological polar surface area (TPSA) is 65.0 Å². The van der Waals surface area contributed by atoms with E-state index in [-0.39, 0.29) is 0 Å². The van der Waals surface area contributed by atoms with Gasteiger partial charge in [0.05, 0.1) is 5.41 Å². The molecule has 1 spiro atoms. The molecule has 5 nitrogen and oxygen atoms in total. The summed E-state index contributed by atoms with van der Waals surface area (Å²) < 4.78 is 12.9. The lowest BCUT2D eigenvalue weighted by Gasteiger charge is -2.30. The van der Waals surface area contributed by atoms with Crippen molar-refractivity contribution in [2.24, 2.45) is 0 Å². The number of furan rings is 2. The lowest BCUT2D eigenvalue weighted by Crippen LogP contribution is -2.25. The van der Waals surface area contributed by atoms with Crippen LogP contribution in [0.2, 0.25) is 0 Å². The fourth-order valence-corrected chi connectivity index (χ4v) is 11.6. The summed E-state index contributed by atoms with van der Waals surface area (Å²) in [5, 5.41) is 4.01. The van der Waals surface area contributed by atoms with Crippen LogP contribution in [0.15, 0.2) is 233 Å². The molecule has 0 radical (unpaired) electrons. The van der Waals surface area contributed by atoms with Gasteiger partial charge in [-0.25, -0.2) is 15.0 Å². The zero-order chi connectivity index (χ0) is 45.2. The molecular weight excluding hydrogens is 843 g/mol. The molecule has 0 fully saturated rings. The Balaban J connectivity index is 0.927. The average Bonchev–Trinajstić information content (AvgIpc) is 4.16. The third-order valence-corrected chi connectivity index (χ3v) is 14.6. The van der Waals surface area contributed by atoms with Crippen molar-refractivity contribution in [3.8, 4) is 78.7 Å². The zero-order valence-electron chi connectivity index (χ0n) is 37.0. The third-order valence-electron chi connectivity index (χ3n) is 14.6. The van der Waals surface area contributed by atoms with Gasteiger partial charge in [0, 0.05) is 38.2 Å². The Kier molecular flexibility index (Phi) is 7.93. The Labute approximate surface area is 396 Å². The predicted octanol–water partition coefficient (Wildman–Crippen LogP) is 16.3. The molecule has 0 N–H and O–H groups in total. The van der Waals surface area contributed by atoms with E-state index < -0.39 is 5.41 Å². The summed E-state index contributed by atoms with van der Waals surface area (Å²) in [6.45, 7) is 0. The summed E-state index contributed by atoms with van der Waals surface area (Å²) in [6.07, 6.45) is 0. The second-order valence-corrected chi connectivity index (χ2v) is 18.2. The minimum atomic E-state index is -0.431. The second-order valence-electron chi connectivity index (χ2n) is 18.2. The molecule has 2 aliphatic carbocycles. The van der Waals surface area contributed by atoms with E-state index in [0.717, 1.165) is 77.3 Å². The van der Waals surface area contributed by atoms with E-state index in [1.807, 2.05) is 48.5 Å². The van der Waals surface area contributed by atoms with E-state index in [2.05, 4.69) is 176 Å². The molecule has 13 aromatic rings. The van der Waals surface area contributed by atoms with Crippen LogP contribution in [-0.2, 0) is 5.41 Å². The number of nitrogens with zero attached hydrogens (tertiary/aromatic N) is 3. The number of aromatic nitrogens is 3. The van der Waals surface area contributed by atoms with Crippen LogP contribution in [0.3, 0.4) is 0 Å². The Morgan fingerprint density at radius 2 is 0.754 bits per heavy atom. The van der Waals surface area contributed by atoms with Gasteiger partial charge in [0.15, 0.2) is 17.5 Å². The fourth-order valence-electron chi connectivity index (χ4n) is 11.6. The molecule has 5 heteroatoms. The maximum atomic E-state index is 6.69. The molecule has 0 aliphatic heterocycles. The van der Waals surface area contributed by atoms with Crippen molar-refractivity contribution in [1.82, 2.24) is 15.0 Å². The molecule has 2 aliphatic rings. The van der Waals surface area contributed by atoms with Gasteiger partial charge in [-0.2, -0.15) is 0 Å². The SMILES string of the molecule is c1ccc(-c2ccc(-c3nc(-c4ccc5oc6ccccc6c5c4)nc(-c4cccc5oc6ccc(-c7cccc8c7-c7ccccc7C87c8ccccc8-c8ccccc87)cc6c45)n3)cc2)cc1. The van der Waals surface area contributed by atoms with Crippen LogP contribution in [0.5, 0.6) is 0 Å². The summed E-state index contributed by atoms with van der Waals surface area (Å²) in [5.74, 6) is 1.72. The lowest BCUT2D eigenvalue weighted by atomic mass is 9.70. The van der Waals surface area contributed by atoms with Gasteiger partial charge in [-0.1, -0.05) is 182 Å². The van der Waals surface area contributed by atoms with Crippen LogP contribution >= 0.6 is 0 Å². The van der Waals surface area contributed by atoms with Gasteiger partial charge in [0.1, 0.15) is 22.3 Å². The molecule has 3 heterocycles. The first-order chi connectivity index (χ1) is 34.2. The smallest absolute Gasteiger partial charge is 0.164 e. The normalized spacial score (nSPS) is 13.0. The fraction of sp³-hybridized carbons (Fsp3) is 0.0156. The Bertz CT molecular complexity index is 4210. The molecule has 320 valence electrons. The van der Waals surface area contributed by atoms with Crippen molar-refractivity contribution in [3.63, 3.8) is 0 Å². The minimum Gasteiger partial charge on any atom is -0.456 e. The first kappa shape index (κ1) is 38.0. The van der Waals surface area contributed by atoms with E-state index in [9.17, 15) is 0 Å². The number of benzene rings is 10. The molecule has 0 saturated carbocycles. The molecule has 15 rings (SSSR count). The van der Waals surface area contributed by atoms with Gasteiger partial charge < -0.3 is 8.83 Å². The molecule has 0 atom stereocenters. The average molecular weight is 880 g/mol. The van der Waals surface area contributed by atoms with Gasteiger partial charge in [-0.05, 0) is 109 Å². The largest absolute Gasteiger partial charge is 0.456 e. The highest BCUT2D eigenvalue weighted by Gasteiger charge is 2.52. The zero-order valence-corrected chi connectivity index (χ0v) is 37.0. The molecule has 69 heavy (non-hydrogen) atoms. The highest BCUT2D eigenvalue weighted by Crippen LogP contribution is 2.64. The van der Waals surface area contributed by atoms with E-state index in [4.69, 9.17) is 23.8 Å². The van der Waals surface area contributed by atoms with Crippen LogP contribution in [-0.4, -0.2) is 15.0 Å². The molecular formula is C64H37N3O2. The monoisotopic (exact) mass is 879 g/mol. The van der Waals surface area contributed by atoms with Gasteiger partial charge in [0.25, 0.3) is 0 Å². The van der Waals surface area contributed by atoms with Crippen LogP contribution in [0, 0.1) is 0 Å². The Morgan fingerprint density at radius 3 is 1.54 bits per heavy atom. The summed E-state index contributed by atoms with van der Waals surface area (Å²) in [7, 11) is 0. The van der Waals surface area contributed by atoms with Crippen molar-refractivity contribution < 1.29 is 8.83 Å². The standard InChI is InChI=1S/C64H37N3O2/c1-2-14-38(15-3-1)39-28-30-40(31-29-39)61-65-62(42-33-35-56-49(37-42)46-18-7-11-26-55(46)68-56)67-63(66-61)48-21-13-27-58-60(48)50-36-41(32-34-57(50)69-58)43-20-12-25-54-59(43)47-19-6-10-24-53(47)64(54)51-22-8-4-16-44(51)45-17-5-9-23-52(45)64/h1-37H. The number of fused-ring (bicyclic) bond motifs is 16. The summed E-state index contributed by atoms with van der Waals surface area (Å²) in [5.41, 5.74) is 20.4. The van der Waals surface area contributed by atoms with Crippen molar-refractivity contribution in [1.29, 1.82) is 0 Å². The van der Waals surface area contributed by atoms with E-state index in [1.54, 1.807) is 0 Å². The molecule has 0 bridgehead atoms. The van der Waals surface area contributed by atoms with E-state index >= 15 is 0 Å². The lowest BCUT2D eigenvalue weighted by molar-refractivity contribution is 0.668. The number of hydrogen-bond donors (Lipinski definition) is 0. The van der Waals surface area contributed by atoms with Crippen molar-refractivity contribution >= 4 is 43.9 Å². The van der Waals surface area contributed by atoms with Crippen LogP contribution in [0.25, 0.3) is 123 Å². The van der Waals surface area contributed by atoms with Crippen LogP contribution in [0.1, 0.15) is 22.3 Å². The van der Waals surface area contributed by atoms with E-state index in [1.165, 1.54) is 50.1 Å². The Morgan fingerprint density at radius 1 is 0.275 bits per heavy atom. The highest BCUT2D eigenvalue weighted by atomic mass is 16.3. The highest BCUT2D eigenvalue weighted by molar-refractivity contribution is 6.13. The summed E-state index contributed by atoms with van der Waals surface area (Å²) in [4.78, 5) is 15.8. The van der Waals surface area contributed by atoms with Gasteiger partial charge in [-0.15, -0.1) is 0 Å². The summed E-state index contributed by atoms with van der Waals surface area (Å²) >= 11 is 0. The molecule has 0 amide bonds. The van der Waals surface area contributed by atoms with Gasteiger partial charge in [-0.3, -0.25) is 0 Å². The minimum absolute atomic E-state index is 0.431. The van der Waals surface area contributed by atoms with Crippen LogP contribution in [0.4, 0.5) is 0 Å². The molecule has 0 saturated heterocycles. The van der Waals surface area contributed by atoms with Crippen molar-refractivity contribution in [2.45, 2.75) is 5.41 Å². The molecule has 3 aromatic heterocycles. The maximum absolute atomic E-state index is 6.69. The first-order valence-corrected chi connectivity index (χ1v) is 23.4. The number of hydrogen-bond acceptors (Lipinski definition) is 5. The number of rotatable bonds is 5. The van der Waals surface area contributed by atoms with Crippen LogP contribution < -0.4 is 0 Å². The first-order valence-electron chi connectivity index (χ1n) is 23.4. The predicted molar refractivity (Wildman–Crippen MR) is 278 cm³/mol. The van der Waals surface area contributed by atoms with Crippen molar-refractivity contribution in [3.05, 3.63) is 247 Å². The van der Waals surface area contributed by atoms with Gasteiger partial charge >= 0.3 is 0 Å². The van der Waals surface area contributed by atoms with Crippen molar-refractivity contribution in [2.75, 3.05) is 0 Å². The van der Waals surface area contributed by atoms with Gasteiger partial charge in [0.2, 0.25) is 0 Å². The maximum Gasteiger partial charge on any atom is 0.164 e.